The fourth-order valence-corrected chi connectivity index (χ4v) is 1.86. The topological polar surface area (TPSA) is 63.2 Å². The Bertz CT molecular complexity index is 539. The molecule has 1 N–H and O–H groups in total. The maximum absolute atomic E-state index is 11.9. The highest BCUT2D eigenvalue weighted by Gasteiger charge is 2.31. The van der Waals surface area contributed by atoms with Crippen molar-refractivity contribution in [3.63, 3.8) is 0 Å². The molecule has 0 aliphatic heterocycles. The van der Waals surface area contributed by atoms with Crippen LogP contribution in [0.1, 0.15) is 6.42 Å². The number of nitrogens with one attached hydrogen (secondary N) is 1. The zero-order valence-electron chi connectivity index (χ0n) is 8.66. The van der Waals surface area contributed by atoms with Gasteiger partial charge < -0.3 is 5.32 Å². The van der Waals surface area contributed by atoms with Crippen LogP contribution in [0.5, 0.6) is 0 Å². The molecule has 0 saturated carbocycles. The number of halogens is 4. The van der Waals surface area contributed by atoms with Crippen molar-refractivity contribution in [1.82, 2.24) is 0 Å². The minimum absolute atomic E-state index is 0.0494. The van der Waals surface area contributed by atoms with E-state index in [1.807, 2.05) is 5.32 Å². The van der Waals surface area contributed by atoms with Crippen molar-refractivity contribution in [2.75, 3.05) is 5.32 Å². The van der Waals surface area contributed by atoms with Gasteiger partial charge in [0.25, 0.3) is 9.05 Å². The maximum Gasteiger partial charge on any atom is 0.397 e. The molecule has 0 atom stereocenters. The number of alkyl halides is 3. The van der Waals surface area contributed by atoms with Crippen LogP contribution in [0.2, 0.25) is 0 Å². The predicted octanol–water partition coefficient (Wildman–Crippen LogP) is 2.51. The highest BCUT2D eigenvalue weighted by molar-refractivity contribution is 8.13. The molecule has 1 amide bonds. The van der Waals surface area contributed by atoms with Crippen molar-refractivity contribution < 1.29 is 26.4 Å². The summed E-state index contributed by atoms with van der Waals surface area (Å²) in [7, 11) is 1.14. The van der Waals surface area contributed by atoms with E-state index in [1.54, 1.807) is 0 Å². The molecule has 0 heterocycles. The monoisotopic (exact) mass is 301 g/mol. The van der Waals surface area contributed by atoms with Gasteiger partial charge in [0.05, 0.1) is 4.90 Å². The van der Waals surface area contributed by atoms with Gasteiger partial charge >= 0.3 is 6.18 Å². The van der Waals surface area contributed by atoms with Crippen LogP contribution >= 0.6 is 10.7 Å². The second kappa shape index (κ2) is 5.15. The third-order valence-electron chi connectivity index (χ3n) is 1.78. The first kappa shape index (κ1) is 14.8. The lowest BCUT2D eigenvalue weighted by atomic mass is 10.3. The first-order valence-corrected chi connectivity index (χ1v) is 6.80. The molecule has 0 aromatic heterocycles. The first-order valence-electron chi connectivity index (χ1n) is 4.49. The van der Waals surface area contributed by atoms with Gasteiger partial charge in [-0.15, -0.1) is 0 Å². The molecule has 0 bridgehead atoms. The van der Waals surface area contributed by atoms with E-state index in [9.17, 15) is 26.4 Å². The molecule has 0 fully saturated rings. The summed E-state index contributed by atoms with van der Waals surface area (Å²) >= 11 is 0. The van der Waals surface area contributed by atoms with E-state index in [-0.39, 0.29) is 10.6 Å². The van der Waals surface area contributed by atoms with Gasteiger partial charge in [0.1, 0.15) is 6.42 Å². The van der Waals surface area contributed by atoms with Gasteiger partial charge in [0, 0.05) is 16.4 Å². The summed E-state index contributed by atoms with van der Waals surface area (Å²) in [5.74, 6) is -1.23. The van der Waals surface area contributed by atoms with Crippen molar-refractivity contribution in [2.24, 2.45) is 0 Å². The standard InChI is InChI=1S/C9H7ClF3NO3S/c10-18(16,17)7-3-1-6(2-4-7)14-8(15)5-9(11,12)13/h1-4H,5H2,(H,14,15). The largest absolute Gasteiger partial charge is 0.397 e. The van der Waals surface area contributed by atoms with Crippen LogP contribution in [0.3, 0.4) is 0 Å². The number of carbonyl (C=O) groups excluding carboxylic acids is 1. The zero-order chi connectivity index (χ0) is 14.0. The lowest BCUT2D eigenvalue weighted by Crippen LogP contribution is -2.21. The Labute approximate surface area is 105 Å². The molecular weight excluding hydrogens is 295 g/mol. The number of anilines is 1. The SMILES string of the molecule is O=C(CC(F)(F)F)Nc1ccc(S(=O)(=O)Cl)cc1. The summed E-state index contributed by atoms with van der Waals surface area (Å²) in [4.78, 5) is 10.7. The summed E-state index contributed by atoms with van der Waals surface area (Å²) in [6.45, 7) is 0. The van der Waals surface area contributed by atoms with Crippen molar-refractivity contribution in [3.05, 3.63) is 24.3 Å². The van der Waals surface area contributed by atoms with Crippen LogP contribution in [0, 0.1) is 0 Å². The van der Waals surface area contributed by atoms with Crippen LogP contribution in [0.4, 0.5) is 18.9 Å². The van der Waals surface area contributed by atoms with Crippen LogP contribution < -0.4 is 5.32 Å². The summed E-state index contributed by atoms with van der Waals surface area (Å²) < 4.78 is 57.4. The Balaban J connectivity index is 2.73. The first-order chi connectivity index (χ1) is 8.08. The third kappa shape index (κ3) is 4.92. The zero-order valence-corrected chi connectivity index (χ0v) is 10.2. The van der Waals surface area contributed by atoms with Crippen molar-refractivity contribution in [3.8, 4) is 0 Å². The van der Waals surface area contributed by atoms with Gasteiger partial charge in [-0.05, 0) is 24.3 Å². The van der Waals surface area contributed by atoms with Gasteiger partial charge in [-0.2, -0.15) is 13.2 Å². The van der Waals surface area contributed by atoms with E-state index in [1.165, 1.54) is 0 Å². The van der Waals surface area contributed by atoms with Crippen LogP contribution in [0.15, 0.2) is 29.2 Å². The molecule has 1 aromatic carbocycles. The lowest BCUT2D eigenvalue weighted by molar-refractivity contribution is -0.150. The Morgan fingerprint density at radius 3 is 2.11 bits per heavy atom. The summed E-state index contributed by atoms with van der Waals surface area (Å²) in [6, 6.07) is 4.43. The Hall–Kier alpha value is -1.28. The molecule has 100 valence electrons. The molecule has 0 radical (unpaired) electrons. The molecule has 0 aliphatic rings. The highest BCUT2D eigenvalue weighted by Crippen LogP contribution is 2.21. The third-order valence-corrected chi connectivity index (χ3v) is 3.15. The summed E-state index contributed by atoms with van der Waals surface area (Å²) in [6.07, 6.45) is -6.20. The molecule has 0 aliphatic carbocycles. The minimum atomic E-state index is -4.59. The smallest absolute Gasteiger partial charge is 0.326 e. The van der Waals surface area contributed by atoms with Gasteiger partial charge in [-0.3, -0.25) is 4.79 Å². The average Bonchev–Trinajstić information content (AvgIpc) is 2.13. The highest BCUT2D eigenvalue weighted by atomic mass is 35.7. The normalized spacial score (nSPS) is 12.2. The second-order valence-corrected chi connectivity index (χ2v) is 5.87. The van der Waals surface area contributed by atoms with Gasteiger partial charge in [-0.1, -0.05) is 0 Å². The van der Waals surface area contributed by atoms with Crippen LogP contribution in [-0.2, 0) is 13.8 Å². The van der Waals surface area contributed by atoms with Crippen molar-refractivity contribution in [1.29, 1.82) is 0 Å². The fraction of sp³-hybridized carbons (Fsp3) is 0.222. The van der Waals surface area contributed by atoms with Crippen LogP contribution in [-0.4, -0.2) is 20.5 Å². The van der Waals surface area contributed by atoms with E-state index in [2.05, 4.69) is 0 Å². The van der Waals surface area contributed by atoms with E-state index < -0.39 is 27.6 Å². The Morgan fingerprint density at radius 1 is 1.22 bits per heavy atom. The molecule has 1 rings (SSSR count). The van der Waals surface area contributed by atoms with Gasteiger partial charge in [-0.25, -0.2) is 8.42 Å². The quantitative estimate of drug-likeness (QED) is 0.873. The van der Waals surface area contributed by atoms with E-state index in [4.69, 9.17) is 10.7 Å². The number of benzene rings is 1. The number of rotatable bonds is 3. The molecule has 0 unspecified atom stereocenters. The van der Waals surface area contributed by atoms with E-state index in [0.29, 0.717) is 0 Å². The molecule has 18 heavy (non-hydrogen) atoms. The molecule has 0 saturated heterocycles. The number of hydrogen-bond acceptors (Lipinski definition) is 3. The number of hydrogen-bond donors (Lipinski definition) is 1. The van der Waals surface area contributed by atoms with E-state index >= 15 is 0 Å². The number of carbonyl (C=O) groups is 1. The maximum atomic E-state index is 11.9. The molecule has 1 aromatic rings. The summed E-state index contributed by atoms with van der Waals surface area (Å²) in [5, 5.41) is 1.98. The lowest BCUT2D eigenvalue weighted by Gasteiger charge is -2.07. The molecule has 9 heteroatoms. The summed E-state index contributed by atoms with van der Waals surface area (Å²) in [5.41, 5.74) is 0.0494. The van der Waals surface area contributed by atoms with Crippen molar-refractivity contribution >= 4 is 31.3 Å². The fourth-order valence-electron chi connectivity index (χ4n) is 1.09. The van der Waals surface area contributed by atoms with Crippen molar-refractivity contribution in [2.45, 2.75) is 17.5 Å². The molecule has 4 nitrogen and oxygen atoms in total. The predicted molar refractivity (Wildman–Crippen MR) is 58.8 cm³/mol. The average molecular weight is 302 g/mol. The second-order valence-electron chi connectivity index (χ2n) is 3.30. The minimum Gasteiger partial charge on any atom is -0.326 e. The van der Waals surface area contributed by atoms with Crippen LogP contribution in [0.25, 0.3) is 0 Å². The molecule has 0 spiro atoms. The van der Waals surface area contributed by atoms with Gasteiger partial charge in [0.15, 0.2) is 0 Å². The Kier molecular flexibility index (Phi) is 4.23. The number of amides is 1. The Morgan fingerprint density at radius 2 is 1.72 bits per heavy atom. The van der Waals surface area contributed by atoms with E-state index in [0.717, 1.165) is 24.3 Å². The van der Waals surface area contributed by atoms with Gasteiger partial charge in [0.2, 0.25) is 5.91 Å². The molecular formula is C9H7ClF3NO3S.